The summed E-state index contributed by atoms with van der Waals surface area (Å²) < 4.78 is 5.19. The summed E-state index contributed by atoms with van der Waals surface area (Å²) in [6, 6.07) is 4.01. The van der Waals surface area contributed by atoms with Gasteiger partial charge in [0.1, 0.15) is 0 Å². The second kappa shape index (κ2) is 7.12. The molecule has 0 bridgehead atoms. The highest BCUT2D eigenvalue weighted by Gasteiger charge is 2.34. The fourth-order valence-corrected chi connectivity index (χ4v) is 3.08. The highest BCUT2D eigenvalue weighted by atomic mass is 32.1. The van der Waals surface area contributed by atoms with Gasteiger partial charge in [0.15, 0.2) is 0 Å². The molecular formula is C16H19N3O4S. The quantitative estimate of drug-likeness (QED) is 0.786. The van der Waals surface area contributed by atoms with E-state index in [2.05, 4.69) is 10.1 Å². The van der Waals surface area contributed by atoms with Crippen molar-refractivity contribution in [1.29, 1.82) is 0 Å². The number of carboxylic acid groups (broad SMARTS) is 1. The number of nitrogens with zero attached hydrogens (tertiary/aromatic N) is 3. The van der Waals surface area contributed by atoms with Crippen LogP contribution >= 0.6 is 11.3 Å². The lowest BCUT2D eigenvalue weighted by Crippen LogP contribution is -2.38. The maximum absolute atomic E-state index is 12.4. The molecule has 0 aromatic carbocycles. The zero-order valence-corrected chi connectivity index (χ0v) is 14.2. The first-order chi connectivity index (χ1) is 11.5. The fraction of sp³-hybridized carbons (Fsp3) is 0.500. The van der Waals surface area contributed by atoms with E-state index in [1.54, 1.807) is 11.8 Å². The van der Waals surface area contributed by atoms with E-state index in [1.807, 2.05) is 17.5 Å². The Kier molecular flexibility index (Phi) is 4.94. The van der Waals surface area contributed by atoms with Crippen molar-refractivity contribution in [2.45, 2.75) is 38.6 Å². The SMILES string of the molecule is CC(CN(C(=O)CCc1nc(-c2cccs2)no1)C1CC1)C(=O)O. The lowest BCUT2D eigenvalue weighted by molar-refractivity contribution is -0.143. The normalized spacial score (nSPS) is 15.2. The highest BCUT2D eigenvalue weighted by Crippen LogP contribution is 2.28. The van der Waals surface area contributed by atoms with Gasteiger partial charge in [-0.05, 0) is 24.3 Å². The minimum absolute atomic E-state index is 0.0542. The number of carbonyl (C=O) groups excluding carboxylic acids is 1. The number of aryl methyl sites for hydroxylation is 1. The molecule has 8 heteroatoms. The van der Waals surface area contributed by atoms with Crippen molar-refractivity contribution in [2.24, 2.45) is 5.92 Å². The van der Waals surface area contributed by atoms with Gasteiger partial charge in [0.2, 0.25) is 17.6 Å². The Hall–Kier alpha value is -2.22. The third kappa shape index (κ3) is 4.00. The van der Waals surface area contributed by atoms with Gasteiger partial charge in [0.05, 0.1) is 10.8 Å². The summed E-state index contributed by atoms with van der Waals surface area (Å²) in [4.78, 5) is 30.4. The fourth-order valence-electron chi connectivity index (χ4n) is 2.43. The van der Waals surface area contributed by atoms with E-state index in [9.17, 15) is 9.59 Å². The zero-order valence-electron chi connectivity index (χ0n) is 13.3. The van der Waals surface area contributed by atoms with Crippen LogP contribution in [-0.4, -0.2) is 44.6 Å². The van der Waals surface area contributed by atoms with Gasteiger partial charge < -0.3 is 14.5 Å². The largest absolute Gasteiger partial charge is 0.481 e. The molecule has 1 aliphatic rings. The minimum atomic E-state index is -0.883. The molecule has 2 heterocycles. The topological polar surface area (TPSA) is 96.5 Å². The molecule has 2 aromatic heterocycles. The summed E-state index contributed by atoms with van der Waals surface area (Å²) in [5, 5.41) is 14.9. The Bertz CT molecular complexity index is 709. The highest BCUT2D eigenvalue weighted by molar-refractivity contribution is 7.13. The van der Waals surface area contributed by atoms with Gasteiger partial charge in [-0.25, -0.2) is 0 Å². The van der Waals surface area contributed by atoms with Gasteiger partial charge in [-0.3, -0.25) is 9.59 Å². The predicted octanol–water partition coefficient (Wildman–Crippen LogP) is 2.44. The van der Waals surface area contributed by atoms with Crippen LogP contribution in [0.25, 0.3) is 10.7 Å². The number of aliphatic carboxylic acids is 1. The molecule has 1 unspecified atom stereocenters. The smallest absolute Gasteiger partial charge is 0.308 e. The first-order valence-corrected chi connectivity index (χ1v) is 8.81. The van der Waals surface area contributed by atoms with Crippen molar-refractivity contribution in [3.8, 4) is 10.7 Å². The average Bonchev–Trinajstić information content (AvgIpc) is 3.06. The van der Waals surface area contributed by atoms with Crippen molar-refractivity contribution in [2.75, 3.05) is 6.54 Å². The Morgan fingerprint density at radius 1 is 1.50 bits per heavy atom. The summed E-state index contributed by atoms with van der Waals surface area (Å²) in [5.41, 5.74) is 0. The molecule has 1 aliphatic carbocycles. The molecular weight excluding hydrogens is 330 g/mol. The summed E-state index contributed by atoms with van der Waals surface area (Å²) in [7, 11) is 0. The molecule has 3 rings (SSSR count). The van der Waals surface area contributed by atoms with Gasteiger partial charge in [0, 0.05) is 25.4 Å². The van der Waals surface area contributed by atoms with Crippen LogP contribution in [0.5, 0.6) is 0 Å². The number of rotatable bonds is 8. The van der Waals surface area contributed by atoms with Crippen molar-refractivity contribution in [1.82, 2.24) is 15.0 Å². The van der Waals surface area contributed by atoms with Crippen molar-refractivity contribution in [3.05, 3.63) is 23.4 Å². The van der Waals surface area contributed by atoms with Crippen LogP contribution < -0.4 is 0 Å². The van der Waals surface area contributed by atoms with E-state index < -0.39 is 11.9 Å². The molecule has 24 heavy (non-hydrogen) atoms. The molecule has 0 spiro atoms. The average molecular weight is 349 g/mol. The Labute approximate surface area is 143 Å². The molecule has 1 N–H and O–H groups in total. The predicted molar refractivity (Wildman–Crippen MR) is 87.5 cm³/mol. The van der Waals surface area contributed by atoms with Crippen LogP contribution in [0.2, 0.25) is 0 Å². The maximum Gasteiger partial charge on any atom is 0.308 e. The number of carboxylic acids is 1. The standard InChI is InChI=1S/C16H19N3O4S/c1-10(16(21)22)9-19(11-4-5-11)14(20)7-6-13-17-15(18-23-13)12-3-2-8-24-12/h2-3,8,10-11H,4-7,9H2,1H3,(H,21,22). The zero-order chi connectivity index (χ0) is 17.1. The molecule has 1 saturated carbocycles. The molecule has 1 amide bonds. The van der Waals surface area contributed by atoms with E-state index in [1.165, 1.54) is 11.3 Å². The number of aromatic nitrogens is 2. The Morgan fingerprint density at radius 2 is 2.29 bits per heavy atom. The van der Waals surface area contributed by atoms with Crippen LogP contribution in [0.15, 0.2) is 22.0 Å². The third-order valence-electron chi connectivity index (χ3n) is 3.96. The molecule has 1 fully saturated rings. The van der Waals surface area contributed by atoms with Gasteiger partial charge in [-0.15, -0.1) is 11.3 Å². The molecule has 7 nitrogen and oxygen atoms in total. The number of thiophene rings is 1. The number of hydrogen-bond acceptors (Lipinski definition) is 6. The van der Waals surface area contributed by atoms with Crippen LogP contribution in [0.1, 0.15) is 32.1 Å². The summed E-state index contributed by atoms with van der Waals surface area (Å²) in [6.07, 6.45) is 2.50. The van der Waals surface area contributed by atoms with Gasteiger partial charge in [-0.2, -0.15) is 4.98 Å². The molecule has 128 valence electrons. The first kappa shape index (κ1) is 16.6. The van der Waals surface area contributed by atoms with Crippen LogP contribution in [0, 0.1) is 5.92 Å². The summed E-state index contributed by atoms with van der Waals surface area (Å²) in [5.74, 6) is -0.546. The van der Waals surface area contributed by atoms with E-state index in [-0.39, 0.29) is 24.9 Å². The first-order valence-electron chi connectivity index (χ1n) is 7.93. The summed E-state index contributed by atoms with van der Waals surface area (Å²) in [6.45, 7) is 1.87. The van der Waals surface area contributed by atoms with E-state index >= 15 is 0 Å². The van der Waals surface area contributed by atoms with E-state index in [0.29, 0.717) is 18.1 Å². The second-order valence-electron chi connectivity index (χ2n) is 6.01. The van der Waals surface area contributed by atoms with E-state index in [0.717, 1.165) is 17.7 Å². The van der Waals surface area contributed by atoms with Gasteiger partial charge >= 0.3 is 5.97 Å². The monoisotopic (exact) mass is 349 g/mol. The van der Waals surface area contributed by atoms with Gasteiger partial charge in [0.25, 0.3) is 0 Å². The Morgan fingerprint density at radius 3 is 2.92 bits per heavy atom. The minimum Gasteiger partial charge on any atom is -0.481 e. The molecule has 0 saturated heterocycles. The third-order valence-corrected chi connectivity index (χ3v) is 4.83. The Balaban J connectivity index is 1.56. The summed E-state index contributed by atoms with van der Waals surface area (Å²) >= 11 is 1.52. The maximum atomic E-state index is 12.4. The molecule has 0 aliphatic heterocycles. The lowest BCUT2D eigenvalue weighted by Gasteiger charge is -2.24. The van der Waals surface area contributed by atoms with Crippen molar-refractivity contribution < 1.29 is 19.2 Å². The van der Waals surface area contributed by atoms with Crippen LogP contribution in [0.4, 0.5) is 0 Å². The number of carbonyl (C=O) groups is 2. The molecule has 0 radical (unpaired) electrons. The molecule has 1 atom stereocenters. The lowest BCUT2D eigenvalue weighted by atomic mass is 10.1. The number of hydrogen-bond donors (Lipinski definition) is 1. The van der Waals surface area contributed by atoms with Crippen LogP contribution in [0.3, 0.4) is 0 Å². The molecule has 2 aromatic rings. The van der Waals surface area contributed by atoms with Gasteiger partial charge in [-0.1, -0.05) is 18.1 Å². The van der Waals surface area contributed by atoms with Crippen LogP contribution in [-0.2, 0) is 16.0 Å². The van der Waals surface area contributed by atoms with E-state index in [4.69, 9.17) is 9.63 Å². The second-order valence-corrected chi connectivity index (χ2v) is 6.95. The van der Waals surface area contributed by atoms with Crippen molar-refractivity contribution >= 4 is 23.2 Å². The number of amides is 1. The van der Waals surface area contributed by atoms with Crippen molar-refractivity contribution in [3.63, 3.8) is 0 Å².